The number of carbonyl (C=O) groups excluding carboxylic acids is 1. The number of aliphatic hydroxyl groups is 1. The van der Waals surface area contributed by atoms with Crippen molar-refractivity contribution in [3.05, 3.63) is 0 Å². The molecule has 0 aliphatic carbocycles. The molecule has 0 saturated heterocycles. The fraction of sp³-hybridized carbons (Fsp3) is 0.750. The molecule has 0 amide bonds. The van der Waals surface area contributed by atoms with Crippen LogP contribution in [0.3, 0.4) is 0 Å². The lowest BCUT2D eigenvalue weighted by atomic mass is 9.88. The molecule has 1 atom stereocenters. The van der Waals surface area contributed by atoms with E-state index in [4.69, 9.17) is 10.4 Å². The smallest absolute Gasteiger partial charge is 0.302 e. The maximum Gasteiger partial charge on any atom is 0.302 e. The number of nitrogens with zero attached hydrogens (tertiary/aromatic N) is 1. The molecule has 0 saturated carbocycles. The fourth-order valence-electron chi connectivity index (χ4n) is 0.541. The van der Waals surface area contributed by atoms with Crippen molar-refractivity contribution in [1.29, 1.82) is 5.26 Å². The predicted molar refractivity (Wildman–Crippen MR) is 42.0 cm³/mol. The highest BCUT2D eigenvalue weighted by Crippen LogP contribution is 2.20. The summed E-state index contributed by atoms with van der Waals surface area (Å²) in [7, 11) is 0. The standard InChI is InChI=1S/C8H13NO3/c1-6(10)12-5-8(2,3)7(11)4-9/h7,11H,5H2,1-3H3. The first-order valence-corrected chi connectivity index (χ1v) is 3.61. The highest BCUT2D eigenvalue weighted by Gasteiger charge is 2.28. The van der Waals surface area contributed by atoms with Crippen molar-refractivity contribution in [3.8, 4) is 6.07 Å². The summed E-state index contributed by atoms with van der Waals surface area (Å²) < 4.78 is 4.68. The van der Waals surface area contributed by atoms with Crippen molar-refractivity contribution < 1.29 is 14.6 Å². The lowest BCUT2D eigenvalue weighted by Crippen LogP contribution is -2.33. The molecule has 0 aliphatic heterocycles. The van der Waals surface area contributed by atoms with E-state index in [0.717, 1.165) is 0 Å². The topological polar surface area (TPSA) is 70.3 Å². The normalized spacial score (nSPS) is 13.2. The molecular formula is C8H13NO3. The number of esters is 1. The van der Waals surface area contributed by atoms with Crippen LogP contribution in [0.5, 0.6) is 0 Å². The van der Waals surface area contributed by atoms with E-state index in [1.54, 1.807) is 19.9 Å². The van der Waals surface area contributed by atoms with Gasteiger partial charge in [0.25, 0.3) is 0 Å². The highest BCUT2D eigenvalue weighted by molar-refractivity contribution is 5.65. The van der Waals surface area contributed by atoms with Crippen LogP contribution in [-0.4, -0.2) is 23.8 Å². The molecule has 4 nitrogen and oxygen atoms in total. The number of nitriles is 1. The molecule has 0 aliphatic rings. The summed E-state index contributed by atoms with van der Waals surface area (Å²) in [5.74, 6) is -0.409. The van der Waals surface area contributed by atoms with Crippen LogP contribution < -0.4 is 0 Å². The first kappa shape index (κ1) is 10.9. The Morgan fingerprint density at radius 1 is 1.75 bits per heavy atom. The molecule has 0 bridgehead atoms. The number of hydrogen-bond acceptors (Lipinski definition) is 4. The summed E-state index contributed by atoms with van der Waals surface area (Å²) in [6, 6.07) is 1.69. The van der Waals surface area contributed by atoms with Gasteiger partial charge in [-0.2, -0.15) is 5.26 Å². The monoisotopic (exact) mass is 171 g/mol. The Morgan fingerprint density at radius 3 is 2.58 bits per heavy atom. The summed E-state index contributed by atoms with van der Waals surface area (Å²) in [6.07, 6.45) is -1.11. The van der Waals surface area contributed by atoms with Gasteiger partial charge in [0.15, 0.2) is 0 Å². The number of rotatable bonds is 3. The molecule has 1 unspecified atom stereocenters. The second-order valence-electron chi connectivity index (χ2n) is 3.30. The van der Waals surface area contributed by atoms with Crippen molar-refractivity contribution in [3.63, 3.8) is 0 Å². The van der Waals surface area contributed by atoms with Crippen molar-refractivity contribution in [1.82, 2.24) is 0 Å². The van der Waals surface area contributed by atoms with Crippen LogP contribution in [0.1, 0.15) is 20.8 Å². The zero-order chi connectivity index (χ0) is 9.78. The SMILES string of the molecule is CC(=O)OCC(C)(C)C(O)C#N. The molecule has 0 aromatic carbocycles. The molecule has 1 N–H and O–H groups in total. The van der Waals surface area contributed by atoms with Gasteiger partial charge < -0.3 is 9.84 Å². The maximum absolute atomic E-state index is 10.4. The van der Waals surface area contributed by atoms with Gasteiger partial charge in [-0.15, -0.1) is 0 Å². The molecule has 0 spiro atoms. The minimum absolute atomic E-state index is 0.0526. The molecule has 0 radical (unpaired) electrons. The highest BCUT2D eigenvalue weighted by atomic mass is 16.5. The molecule has 0 rings (SSSR count). The van der Waals surface area contributed by atoms with Crippen molar-refractivity contribution in [2.45, 2.75) is 26.9 Å². The van der Waals surface area contributed by atoms with Crippen molar-refractivity contribution >= 4 is 5.97 Å². The summed E-state index contributed by atoms with van der Waals surface area (Å²) >= 11 is 0. The van der Waals surface area contributed by atoms with Crippen LogP contribution in [0, 0.1) is 16.7 Å². The second-order valence-corrected chi connectivity index (χ2v) is 3.30. The van der Waals surface area contributed by atoms with Crippen LogP contribution in [0.2, 0.25) is 0 Å². The van der Waals surface area contributed by atoms with Crippen LogP contribution in [0.15, 0.2) is 0 Å². The van der Waals surface area contributed by atoms with Crippen LogP contribution in [0.4, 0.5) is 0 Å². The van der Waals surface area contributed by atoms with Gasteiger partial charge in [0.2, 0.25) is 0 Å². The van der Waals surface area contributed by atoms with Gasteiger partial charge in [0.1, 0.15) is 6.10 Å². The minimum Gasteiger partial charge on any atom is -0.465 e. The predicted octanol–water partition coefficient (Wildman–Crippen LogP) is 0.460. The Labute approximate surface area is 71.8 Å². The van der Waals surface area contributed by atoms with Crippen LogP contribution >= 0.6 is 0 Å². The maximum atomic E-state index is 10.4. The zero-order valence-electron chi connectivity index (χ0n) is 7.50. The summed E-state index contributed by atoms with van der Waals surface area (Å²) in [5, 5.41) is 17.5. The van der Waals surface area contributed by atoms with Crippen LogP contribution in [-0.2, 0) is 9.53 Å². The third-order valence-electron chi connectivity index (χ3n) is 1.51. The number of aliphatic hydroxyl groups excluding tert-OH is 1. The molecule has 68 valence electrons. The lowest BCUT2D eigenvalue weighted by Gasteiger charge is -2.24. The molecule has 0 aromatic rings. The van der Waals surface area contributed by atoms with Crippen molar-refractivity contribution in [2.75, 3.05) is 6.61 Å². The molecule has 0 heterocycles. The zero-order valence-corrected chi connectivity index (χ0v) is 7.50. The molecule has 12 heavy (non-hydrogen) atoms. The van der Waals surface area contributed by atoms with E-state index in [9.17, 15) is 4.79 Å². The quantitative estimate of drug-likeness (QED) is 0.494. The summed E-state index contributed by atoms with van der Waals surface area (Å²) in [6.45, 7) is 4.65. The van der Waals surface area contributed by atoms with Crippen molar-refractivity contribution in [2.24, 2.45) is 5.41 Å². The Hall–Kier alpha value is -1.08. The first-order valence-electron chi connectivity index (χ1n) is 3.61. The van der Waals surface area contributed by atoms with Gasteiger partial charge in [-0.1, -0.05) is 13.8 Å². The van der Waals surface area contributed by atoms with Gasteiger partial charge in [0, 0.05) is 12.3 Å². The van der Waals surface area contributed by atoms with E-state index in [1.165, 1.54) is 6.92 Å². The van der Waals surface area contributed by atoms with E-state index in [1.807, 2.05) is 0 Å². The Kier molecular flexibility index (Phi) is 3.71. The first-order chi connectivity index (χ1) is 5.40. The number of hydrogen-bond donors (Lipinski definition) is 1. The molecule has 4 heteroatoms. The molecular weight excluding hydrogens is 158 g/mol. The lowest BCUT2D eigenvalue weighted by molar-refractivity contribution is -0.145. The Bertz CT molecular complexity index is 205. The fourth-order valence-corrected chi connectivity index (χ4v) is 0.541. The van der Waals surface area contributed by atoms with E-state index in [-0.39, 0.29) is 6.61 Å². The third kappa shape index (κ3) is 3.35. The van der Waals surface area contributed by atoms with E-state index < -0.39 is 17.5 Å². The third-order valence-corrected chi connectivity index (χ3v) is 1.51. The van der Waals surface area contributed by atoms with Gasteiger partial charge in [-0.3, -0.25) is 4.79 Å². The van der Waals surface area contributed by atoms with Gasteiger partial charge >= 0.3 is 5.97 Å². The van der Waals surface area contributed by atoms with Gasteiger partial charge in [-0.25, -0.2) is 0 Å². The summed E-state index contributed by atoms with van der Waals surface area (Å²) in [5.41, 5.74) is -0.708. The summed E-state index contributed by atoms with van der Waals surface area (Å²) in [4.78, 5) is 10.4. The van der Waals surface area contributed by atoms with E-state index >= 15 is 0 Å². The Balaban J connectivity index is 4.05. The molecule has 0 aromatic heterocycles. The average molecular weight is 171 g/mol. The average Bonchev–Trinajstić information content (AvgIpc) is 1.99. The molecule has 0 fully saturated rings. The number of carbonyl (C=O) groups is 1. The number of ether oxygens (including phenoxy) is 1. The van der Waals surface area contributed by atoms with Gasteiger partial charge in [0.05, 0.1) is 12.7 Å². The minimum atomic E-state index is -1.11. The van der Waals surface area contributed by atoms with E-state index in [0.29, 0.717) is 0 Å². The van der Waals surface area contributed by atoms with E-state index in [2.05, 4.69) is 4.74 Å². The Morgan fingerprint density at radius 2 is 2.25 bits per heavy atom. The largest absolute Gasteiger partial charge is 0.465 e. The van der Waals surface area contributed by atoms with Gasteiger partial charge in [-0.05, 0) is 0 Å². The second kappa shape index (κ2) is 4.07. The van der Waals surface area contributed by atoms with Crippen LogP contribution in [0.25, 0.3) is 0 Å².